The number of thiocarbonyl (C=S) groups is 1. The average molecular weight is 477 g/mol. The third kappa shape index (κ3) is 5.04. The number of hydrogen-bond acceptors (Lipinski definition) is 6. The number of carbonyl (C=O) groups excluding carboxylic acids is 1. The van der Waals surface area contributed by atoms with Crippen LogP contribution in [0.3, 0.4) is 0 Å². The third-order valence-corrected chi connectivity index (χ3v) is 5.23. The highest BCUT2D eigenvalue weighted by molar-refractivity contribution is 7.80. The standard InChI is InChI=1S/C21H18Cl2N4O3S/c1-11-14(10-13-6-4-3-5-7-13)20(29)26-19(25-11)17-15(22)8-9-16(18(17)23)30-27(12(2)28)21(24)31/h3-9H,10H2,1-2H3,(H2,24,31)(H,25,26,29). The van der Waals surface area contributed by atoms with Gasteiger partial charge in [-0.15, -0.1) is 5.06 Å². The number of halogens is 2. The van der Waals surface area contributed by atoms with E-state index < -0.39 is 5.91 Å². The van der Waals surface area contributed by atoms with Crippen LogP contribution >= 0.6 is 35.4 Å². The summed E-state index contributed by atoms with van der Waals surface area (Å²) in [5.74, 6) is -0.538. The first-order chi connectivity index (χ1) is 14.7. The van der Waals surface area contributed by atoms with E-state index in [1.54, 1.807) is 6.92 Å². The van der Waals surface area contributed by atoms with Crippen molar-refractivity contribution in [1.29, 1.82) is 0 Å². The van der Waals surface area contributed by atoms with E-state index >= 15 is 0 Å². The fraction of sp³-hybridized carbons (Fsp3) is 0.143. The first-order valence-corrected chi connectivity index (χ1v) is 10.2. The summed E-state index contributed by atoms with van der Waals surface area (Å²) in [6.07, 6.45) is 0.463. The predicted molar refractivity (Wildman–Crippen MR) is 123 cm³/mol. The molecule has 3 rings (SSSR count). The van der Waals surface area contributed by atoms with Crippen LogP contribution in [0, 0.1) is 6.92 Å². The maximum atomic E-state index is 11.7. The molecule has 0 saturated carbocycles. The van der Waals surface area contributed by atoms with E-state index in [0.29, 0.717) is 17.7 Å². The number of aryl methyl sites for hydroxylation is 1. The van der Waals surface area contributed by atoms with Gasteiger partial charge in [-0.2, -0.15) is 4.98 Å². The van der Waals surface area contributed by atoms with E-state index in [9.17, 15) is 9.90 Å². The van der Waals surface area contributed by atoms with Gasteiger partial charge in [0, 0.05) is 24.6 Å². The molecular weight excluding hydrogens is 459 g/mol. The highest BCUT2D eigenvalue weighted by Crippen LogP contribution is 2.40. The maximum absolute atomic E-state index is 11.7. The zero-order valence-electron chi connectivity index (χ0n) is 16.6. The molecule has 0 saturated heterocycles. The molecular formula is C21H18Cl2N4O3S. The first kappa shape index (κ1) is 22.7. The second-order valence-electron chi connectivity index (χ2n) is 6.57. The molecule has 0 fully saturated rings. The van der Waals surface area contributed by atoms with Crippen LogP contribution in [0.4, 0.5) is 0 Å². The monoisotopic (exact) mass is 476 g/mol. The Kier molecular flexibility index (Phi) is 6.94. The Hall–Kier alpha value is -2.94. The van der Waals surface area contributed by atoms with Gasteiger partial charge in [0.25, 0.3) is 5.91 Å². The lowest BCUT2D eigenvalue weighted by atomic mass is 10.0. The molecule has 0 radical (unpaired) electrons. The normalized spacial score (nSPS) is 10.6. The quantitative estimate of drug-likeness (QED) is 0.414. The van der Waals surface area contributed by atoms with Crippen molar-refractivity contribution < 1.29 is 14.7 Å². The van der Waals surface area contributed by atoms with Crippen LogP contribution in [0.25, 0.3) is 11.4 Å². The van der Waals surface area contributed by atoms with Crippen LogP contribution in [0.1, 0.15) is 23.7 Å². The number of carbonyl (C=O) groups is 1. The molecule has 2 aromatic carbocycles. The zero-order valence-corrected chi connectivity index (χ0v) is 18.9. The summed E-state index contributed by atoms with van der Waals surface area (Å²) in [7, 11) is 0. The number of aromatic nitrogens is 2. The predicted octanol–water partition coefficient (Wildman–Crippen LogP) is 4.44. The summed E-state index contributed by atoms with van der Waals surface area (Å²) in [5.41, 5.74) is 7.91. The van der Waals surface area contributed by atoms with Crippen LogP contribution in [0.2, 0.25) is 10.0 Å². The lowest BCUT2D eigenvalue weighted by Gasteiger charge is -2.20. The molecule has 160 valence electrons. The number of hydroxylamine groups is 2. The number of aromatic hydroxyl groups is 1. The van der Waals surface area contributed by atoms with Crippen molar-refractivity contribution in [3.8, 4) is 23.0 Å². The summed E-state index contributed by atoms with van der Waals surface area (Å²) < 4.78 is 0. The minimum Gasteiger partial charge on any atom is -0.493 e. The van der Waals surface area contributed by atoms with Crippen LogP contribution in [-0.2, 0) is 11.2 Å². The summed E-state index contributed by atoms with van der Waals surface area (Å²) in [6.45, 7) is 3.00. The maximum Gasteiger partial charge on any atom is 0.259 e. The second-order valence-corrected chi connectivity index (χ2v) is 7.78. The molecule has 7 nitrogen and oxygen atoms in total. The number of benzene rings is 2. The van der Waals surface area contributed by atoms with E-state index in [1.807, 2.05) is 30.3 Å². The summed E-state index contributed by atoms with van der Waals surface area (Å²) in [5, 5.41) is 11.3. The van der Waals surface area contributed by atoms with Crippen LogP contribution < -0.4 is 10.6 Å². The Balaban J connectivity index is 2.02. The fourth-order valence-electron chi connectivity index (χ4n) is 2.87. The molecule has 0 aliphatic carbocycles. The molecule has 3 aromatic rings. The molecule has 1 amide bonds. The van der Waals surface area contributed by atoms with Gasteiger partial charge in [0.15, 0.2) is 11.6 Å². The van der Waals surface area contributed by atoms with E-state index in [-0.39, 0.29) is 38.2 Å². The number of amides is 1. The summed E-state index contributed by atoms with van der Waals surface area (Å²) in [6, 6.07) is 12.6. The van der Waals surface area contributed by atoms with Crippen molar-refractivity contribution in [1.82, 2.24) is 15.0 Å². The Labute approximate surface area is 194 Å². The third-order valence-electron chi connectivity index (χ3n) is 4.37. The van der Waals surface area contributed by atoms with Crippen LogP contribution in [0.5, 0.6) is 11.6 Å². The van der Waals surface area contributed by atoms with Crippen molar-refractivity contribution in [2.75, 3.05) is 0 Å². The summed E-state index contributed by atoms with van der Waals surface area (Å²) >= 11 is 17.6. The van der Waals surface area contributed by atoms with E-state index in [4.69, 9.17) is 46.0 Å². The van der Waals surface area contributed by atoms with Gasteiger partial charge < -0.3 is 15.7 Å². The second kappa shape index (κ2) is 9.47. The largest absolute Gasteiger partial charge is 0.493 e. The number of nitrogens with two attached hydrogens (primary N) is 1. The highest BCUT2D eigenvalue weighted by Gasteiger charge is 2.22. The smallest absolute Gasteiger partial charge is 0.259 e. The number of rotatable bonds is 5. The highest BCUT2D eigenvalue weighted by atomic mass is 35.5. The van der Waals surface area contributed by atoms with Gasteiger partial charge in [0.1, 0.15) is 0 Å². The molecule has 0 atom stereocenters. The Morgan fingerprint density at radius 2 is 1.87 bits per heavy atom. The first-order valence-electron chi connectivity index (χ1n) is 9.06. The Morgan fingerprint density at radius 1 is 1.19 bits per heavy atom. The number of hydrogen-bond donors (Lipinski definition) is 2. The van der Waals surface area contributed by atoms with Gasteiger partial charge in [-0.3, -0.25) is 4.79 Å². The fourth-order valence-corrected chi connectivity index (χ4v) is 3.61. The van der Waals surface area contributed by atoms with E-state index in [1.165, 1.54) is 19.1 Å². The van der Waals surface area contributed by atoms with Gasteiger partial charge in [-0.1, -0.05) is 53.5 Å². The van der Waals surface area contributed by atoms with Gasteiger partial charge >= 0.3 is 0 Å². The molecule has 0 spiro atoms. The zero-order chi connectivity index (χ0) is 22.7. The van der Waals surface area contributed by atoms with Gasteiger partial charge in [0.05, 0.1) is 15.6 Å². The van der Waals surface area contributed by atoms with E-state index in [0.717, 1.165) is 10.6 Å². The van der Waals surface area contributed by atoms with Gasteiger partial charge in [-0.05, 0) is 36.8 Å². The molecule has 31 heavy (non-hydrogen) atoms. The van der Waals surface area contributed by atoms with Gasteiger partial charge in [-0.25, -0.2) is 4.98 Å². The lowest BCUT2D eigenvalue weighted by molar-refractivity contribution is -0.141. The minimum atomic E-state index is -0.532. The molecule has 1 heterocycles. The lowest BCUT2D eigenvalue weighted by Crippen LogP contribution is -2.41. The van der Waals surface area contributed by atoms with Gasteiger partial charge in [0.2, 0.25) is 11.0 Å². The molecule has 0 aliphatic heterocycles. The molecule has 3 N–H and O–H groups in total. The molecule has 10 heteroatoms. The van der Waals surface area contributed by atoms with Crippen molar-refractivity contribution in [2.24, 2.45) is 5.73 Å². The van der Waals surface area contributed by atoms with Crippen molar-refractivity contribution in [2.45, 2.75) is 20.3 Å². The molecule has 0 aliphatic rings. The SMILES string of the molecule is CC(=O)N(Oc1ccc(Cl)c(-c2nc(C)c(Cc3ccccc3)c(O)n2)c1Cl)C(N)=S. The van der Waals surface area contributed by atoms with Crippen molar-refractivity contribution in [3.63, 3.8) is 0 Å². The molecule has 0 bridgehead atoms. The average Bonchev–Trinajstić information content (AvgIpc) is 2.70. The Bertz CT molecular complexity index is 1120. The number of nitrogens with zero attached hydrogens (tertiary/aromatic N) is 3. The molecule has 0 unspecified atom stereocenters. The van der Waals surface area contributed by atoms with Crippen LogP contribution in [-0.4, -0.2) is 31.2 Å². The Morgan fingerprint density at radius 3 is 2.45 bits per heavy atom. The van der Waals surface area contributed by atoms with Crippen LogP contribution in [0.15, 0.2) is 42.5 Å². The molecule has 1 aromatic heterocycles. The topological polar surface area (TPSA) is 102 Å². The van der Waals surface area contributed by atoms with Crippen molar-refractivity contribution in [3.05, 3.63) is 69.3 Å². The minimum absolute atomic E-state index is 0.0320. The summed E-state index contributed by atoms with van der Waals surface area (Å²) in [4.78, 5) is 25.9. The van der Waals surface area contributed by atoms with E-state index in [2.05, 4.69) is 9.97 Å². The van der Waals surface area contributed by atoms with Crippen molar-refractivity contribution >= 4 is 46.4 Å².